The number of benzene rings is 1. The Labute approximate surface area is 154 Å². The molecule has 1 aromatic carbocycles. The van der Waals surface area contributed by atoms with Crippen LogP contribution in [0, 0.1) is 17.1 Å². The number of hydrogen-bond acceptors (Lipinski definition) is 3. The number of fused-ring (bicyclic) bond motifs is 2. The van der Waals surface area contributed by atoms with E-state index in [1.807, 2.05) is 31.7 Å². The van der Waals surface area contributed by atoms with Gasteiger partial charge < -0.3 is 4.74 Å². The Balaban J connectivity index is 1.90. The minimum Gasteiger partial charge on any atom is -0.444 e. The van der Waals surface area contributed by atoms with Crippen LogP contribution in [0.5, 0.6) is 0 Å². The zero-order chi connectivity index (χ0) is 18.9. The lowest BCUT2D eigenvalue weighted by Gasteiger charge is -2.45. The van der Waals surface area contributed by atoms with Crippen molar-refractivity contribution in [1.82, 2.24) is 4.90 Å². The quantitative estimate of drug-likeness (QED) is 0.762. The Morgan fingerprint density at radius 2 is 2.15 bits per heavy atom. The van der Waals surface area contributed by atoms with Gasteiger partial charge in [-0.2, -0.15) is 5.26 Å². The summed E-state index contributed by atoms with van der Waals surface area (Å²) in [6.07, 6.45) is 5.40. The highest BCUT2D eigenvalue weighted by Crippen LogP contribution is 2.38. The number of amides is 1. The summed E-state index contributed by atoms with van der Waals surface area (Å²) in [4.78, 5) is 14.5. The monoisotopic (exact) mass is 356 g/mol. The molecule has 1 aromatic rings. The van der Waals surface area contributed by atoms with Crippen molar-refractivity contribution >= 4 is 11.7 Å². The molecule has 26 heavy (non-hydrogen) atoms. The first-order valence-corrected chi connectivity index (χ1v) is 9.16. The lowest BCUT2D eigenvalue weighted by atomic mass is 9.82. The van der Waals surface area contributed by atoms with Crippen molar-refractivity contribution in [3.05, 3.63) is 41.2 Å². The average molecular weight is 356 g/mol. The number of nitriles is 1. The number of piperidine rings is 1. The summed E-state index contributed by atoms with van der Waals surface area (Å²) in [6.45, 7) is 5.59. The third-order valence-electron chi connectivity index (χ3n) is 4.90. The second kappa shape index (κ2) is 7.11. The second-order valence-corrected chi connectivity index (χ2v) is 8.08. The van der Waals surface area contributed by atoms with Gasteiger partial charge >= 0.3 is 6.09 Å². The number of carbonyl (C=O) groups excluding carboxylic acids is 1. The molecule has 0 saturated carbocycles. The van der Waals surface area contributed by atoms with Gasteiger partial charge in [-0.15, -0.1) is 0 Å². The van der Waals surface area contributed by atoms with Crippen molar-refractivity contribution in [2.24, 2.45) is 0 Å². The van der Waals surface area contributed by atoms with E-state index in [-0.39, 0.29) is 30.4 Å². The first-order valence-electron chi connectivity index (χ1n) is 9.16. The molecule has 2 atom stereocenters. The number of carbonyl (C=O) groups is 1. The highest BCUT2D eigenvalue weighted by Gasteiger charge is 2.39. The second-order valence-electron chi connectivity index (χ2n) is 8.08. The summed E-state index contributed by atoms with van der Waals surface area (Å²) in [5.41, 5.74) is 1.76. The Morgan fingerprint density at radius 1 is 1.38 bits per heavy atom. The summed E-state index contributed by atoms with van der Waals surface area (Å²) in [5, 5.41) is 8.89. The van der Waals surface area contributed by atoms with E-state index in [0.29, 0.717) is 12.0 Å². The summed E-state index contributed by atoms with van der Waals surface area (Å²) >= 11 is 0. The number of nitrogens with zero attached hydrogens (tertiary/aromatic N) is 2. The zero-order valence-electron chi connectivity index (χ0n) is 15.6. The predicted molar refractivity (Wildman–Crippen MR) is 97.8 cm³/mol. The Hall–Kier alpha value is -2.35. The van der Waals surface area contributed by atoms with Crippen molar-refractivity contribution in [3.8, 4) is 6.07 Å². The van der Waals surface area contributed by atoms with Gasteiger partial charge in [0, 0.05) is 11.6 Å². The normalized spacial score (nSPS) is 22.4. The van der Waals surface area contributed by atoms with Crippen LogP contribution in [0.1, 0.15) is 57.6 Å². The van der Waals surface area contributed by atoms with Gasteiger partial charge in [0.05, 0.1) is 18.5 Å². The maximum Gasteiger partial charge on any atom is 0.411 e. The van der Waals surface area contributed by atoms with Crippen LogP contribution < -0.4 is 0 Å². The van der Waals surface area contributed by atoms with Crippen molar-refractivity contribution in [1.29, 1.82) is 5.26 Å². The Morgan fingerprint density at radius 3 is 2.81 bits per heavy atom. The summed E-state index contributed by atoms with van der Waals surface area (Å²) < 4.78 is 20.0. The Kier molecular flexibility index (Phi) is 5.04. The molecule has 4 nitrogen and oxygen atoms in total. The highest BCUT2D eigenvalue weighted by molar-refractivity contribution is 5.75. The highest BCUT2D eigenvalue weighted by atomic mass is 19.1. The molecule has 3 rings (SSSR count). The largest absolute Gasteiger partial charge is 0.444 e. The summed E-state index contributed by atoms with van der Waals surface area (Å²) in [7, 11) is 0. The smallest absolute Gasteiger partial charge is 0.411 e. The molecule has 138 valence electrons. The average Bonchev–Trinajstić information content (AvgIpc) is 2.54. The van der Waals surface area contributed by atoms with Crippen LogP contribution in [-0.2, 0) is 11.2 Å². The first kappa shape index (κ1) is 18.4. The molecule has 5 heteroatoms. The molecule has 0 aromatic heterocycles. The van der Waals surface area contributed by atoms with E-state index in [4.69, 9.17) is 10.00 Å². The lowest BCUT2D eigenvalue weighted by Crippen LogP contribution is -2.53. The van der Waals surface area contributed by atoms with Crippen molar-refractivity contribution in [2.45, 2.75) is 70.6 Å². The molecular weight excluding hydrogens is 331 g/mol. The van der Waals surface area contributed by atoms with E-state index in [1.165, 1.54) is 6.07 Å². The molecule has 0 aliphatic carbocycles. The lowest BCUT2D eigenvalue weighted by molar-refractivity contribution is 0.0000771. The van der Waals surface area contributed by atoms with E-state index < -0.39 is 5.60 Å². The molecule has 0 spiro atoms. The van der Waals surface area contributed by atoms with Crippen LogP contribution in [0.25, 0.3) is 5.57 Å². The van der Waals surface area contributed by atoms with Crippen molar-refractivity contribution < 1.29 is 13.9 Å². The molecule has 1 fully saturated rings. The summed E-state index contributed by atoms with van der Waals surface area (Å²) in [6, 6.07) is 6.92. The van der Waals surface area contributed by atoms with Crippen molar-refractivity contribution in [2.75, 3.05) is 0 Å². The molecule has 0 radical (unpaired) electrons. The van der Waals surface area contributed by atoms with Crippen LogP contribution in [0.2, 0.25) is 0 Å². The van der Waals surface area contributed by atoms with Crippen LogP contribution in [0.3, 0.4) is 0 Å². The molecule has 2 bridgehead atoms. The van der Waals surface area contributed by atoms with Gasteiger partial charge in [0.25, 0.3) is 0 Å². The maximum absolute atomic E-state index is 14.4. The van der Waals surface area contributed by atoms with E-state index in [2.05, 4.69) is 6.07 Å². The van der Waals surface area contributed by atoms with E-state index in [9.17, 15) is 9.18 Å². The fourth-order valence-electron chi connectivity index (χ4n) is 3.85. The minimum atomic E-state index is -0.535. The minimum absolute atomic E-state index is 0.0302. The van der Waals surface area contributed by atoms with Gasteiger partial charge in [-0.05, 0) is 69.7 Å². The van der Waals surface area contributed by atoms with Gasteiger partial charge in [0.2, 0.25) is 0 Å². The molecule has 1 amide bonds. The number of rotatable bonds is 2. The van der Waals surface area contributed by atoms with Crippen LogP contribution in [0.15, 0.2) is 24.3 Å². The van der Waals surface area contributed by atoms with Crippen LogP contribution >= 0.6 is 0 Å². The first-order chi connectivity index (χ1) is 12.3. The predicted octanol–water partition coefficient (Wildman–Crippen LogP) is 4.84. The third-order valence-corrected chi connectivity index (χ3v) is 4.90. The fourth-order valence-corrected chi connectivity index (χ4v) is 3.85. The Bertz CT molecular complexity index is 773. The molecule has 0 N–H and O–H groups in total. The SMILES string of the molecule is CC(C)(C)OC(=O)N1C2C=C(c3cc(CC#N)ccc3F)CC1CCC2. The van der Waals surface area contributed by atoms with Crippen molar-refractivity contribution in [3.63, 3.8) is 0 Å². The number of halogens is 1. The van der Waals surface area contributed by atoms with Crippen LogP contribution in [-0.4, -0.2) is 28.7 Å². The van der Waals surface area contributed by atoms with Gasteiger partial charge in [-0.25, -0.2) is 9.18 Å². The number of ether oxygens (including phenoxy) is 1. The number of hydrogen-bond donors (Lipinski definition) is 0. The standard InChI is InChI=1S/C21H25FN2O2/c1-21(2,3)26-20(25)24-16-5-4-6-17(24)13-15(12-16)18-11-14(9-10-23)7-8-19(18)22/h7-8,11-12,16-17H,4-6,9,13H2,1-3H3. The zero-order valence-corrected chi connectivity index (χ0v) is 15.6. The van der Waals surface area contributed by atoms with Gasteiger partial charge in [-0.3, -0.25) is 4.90 Å². The fraction of sp³-hybridized carbons (Fsp3) is 0.524. The van der Waals surface area contributed by atoms with E-state index >= 15 is 0 Å². The molecule has 2 aliphatic rings. The van der Waals surface area contributed by atoms with Gasteiger partial charge in [-0.1, -0.05) is 12.1 Å². The molecular formula is C21H25FN2O2. The van der Waals surface area contributed by atoms with E-state index in [1.54, 1.807) is 12.1 Å². The summed E-state index contributed by atoms with van der Waals surface area (Å²) in [5.74, 6) is -0.276. The molecule has 2 unspecified atom stereocenters. The van der Waals surface area contributed by atoms with E-state index in [0.717, 1.165) is 30.4 Å². The third kappa shape index (κ3) is 3.90. The van der Waals surface area contributed by atoms with Crippen LogP contribution in [0.4, 0.5) is 9.18 Å². The molecule has 2 aliphatic heterocycles. The maximum atomic E-state index is 14.4. The topological polar surface area (TPSA) is 53.3 Å². The molecule has 2 heterocycles. The van der Waals surface area contributed by atoms with Gasteiger partial charge in [0.1, 0.15) is 11.4 Å². The molecule has 1 saturated heterocycles. The van der Waals surface area contributed by atoms with Gasteiger partial charge in [0.15, 0.2) is 0 Å².